The van der Waals surface area contributed by atoms with Gasteiger partial charge in [-0.1, -0.05) is 23.7 Å². The number of rotatable bonds is 4. The van der Waals surface area contributed by atoms with Crippen LogP contribution in [0.25, 0.3) is 0 Å². The number of carbonyl (C=O) groups is 1. The molecule has 23 heavy (non-hydrogen) atoms. The molecule has 122 valence electrons. The van der Waals surface area contributed by atoms with Crippen molar-refractivity contribution in [3.63, 3.8) is 0 Å². The molecule has 2 heterocycles. The fourth-order valence-electron chi connectivity index (χ4n) is 2.71. The summed E-state index contributed by atoms with van der Waals surface area (Å²) in [5.74, 6) is 0.114. The van der Waals surface area contributed by atoms with Gasteiger partial charge in [-0.15, -0.1) is 0 Å². The lowest BCUT2D eigenvalue weighted by molar-refractivity contribution is -0.133. The topological polar surface area (TPSA) is 41.4 Å². The lowest BCUT2D eigenvalue weighted by atomic mass is 10.2. The minimum Gasteiger partial charge on any atom is -0.339 e. The molecule has 1 aromatic carbocycles. The highest BCUT2D eigenvalue weighted by Gasteiger charge is 2.21. The number of amides is 1. The summed E-state index contributed by atoms with van der Waals surface area (Å²) in [7, 11) is 0. The minimum atomic E-state index is 0.114. The second kappa shape index (κ2) is 7.47. The van der Waals surface area contributed by atoms with Crippen molar-refractivity contribution in [3.05, 3.63) is 51.7 Å². The van der Waals surface area contributed by atoms with Crippen LogP contribution < -0.4 is 0 Å². The number of carbonyl (C=O) groups excluding carboxylic acids is 1. The fraction of sp³-hybridized carbons (Fsp3) is 0.375. The first kappa shape index (κ1) is 16.5. The van der Waals surface area contributed by atoms with Crippen LogP contribution in [0.2, 0.25) is 5.02 Å². The average Bonchev–Trinajstić information content (AvgIpc) is 2.93. The maximum Gasteiger partial charge on any atom is 0.244 e. The molecule has 2 aromatic rings. The van der Waals surface area contributed by atoms with Crippen LogP contribution >= 0.6 is 27.5 Å². The zero-order valence-corrected chi connectivity index (χ0v) is 15.0. The highest BCUT2D eigenvalue weighted by Crippen LogP contribution is 2.14. The van der Waals surface area contributed by atoms with Crippen molar-refractivity contribution in [2.75, 3.05) is 26.2 Å². The SMILES string of the molecule is O=C(Cn1cc(Br)cn1)N1CCN(Cc2cccc(Cl)c2)CC1. The van der Waals surface area contributed by atoms with E-state index >= 15 is 0 Å². The average molecular weight is 398 g/mol. The van der Waals surface area contributed by atoms with Crippen LogP contribution in [0.3, 0.4) is 0 Å². The van der Waals surface area contributed by atoms with E-state index in [-0.39, 0.29) is 5.91 Å². The van der Waals surface area contributed by atoms with Gasteiger partial charge in [0.15, 0.2) is 0 Å². The molecular weight excluding hydrogens is 380 g/mol. The van der Waals surface area contributed by atoms with E-state index in [9.17, 15) is 4.79 Å². The highest BCUT2D eigenvalue weighted by atomic mass is 79.9. The first-order chi connectivity index (χ1) is 11.1. The van der Waals surface area contributed by atoms with Gasteiger partial charge in [0.1, 0.15) is 6.54 Å². The summed E-state index contributed by atoms with van der Waals surface area (Å²) in [4.78, 5) is 16.6. The molecule has 1 amide bonds. The third kappa shape index (κ3) is 4.56. The molecule has 3 rings (SSSR count). The Hall–Kier alpha value is -1.37. The third-order valence-corrected chi connectivity index (χ3v) is 4.56. The molecule has 1 aliphatic rings. The highest BCUT2D eigenvalue weighted by molar-refractivity contribution is 9.10. The first-order valence-corrected chi connectivity index (χ1v) is 8.70. The van der Waals surface area contributed by atoms with Crippen LogP contribution in [0.5, 0.6) is 0 Å². The number of halogens is 2. The zero-order valence-electron chi connectivity index (χ0n) is 12.7. The lowest BCUT2D eigenvalue weighted by Gasteiger charge is -2.34. The molecule has 7 heteroatoms. The Morgan fingerprint density at radius 3 is 2.70 bits per heavy atom. The largest absolute Gasteiger partial charge is 0.339 e. The molecule has 0 N–H and O–H groups in total. The predicted octanol–water partition coefficient (Wildman–Crippen LogP) is 2.64. The fourth-order valence-corrected chi connectivity index (χ4v) is 3.25. The summed E-state index contributed by atoms with van der Waals surface area (Å²) in [5.41, 5.74) is 1.21. The molecule has 0 spiro atoms. The van der Waals surface area contributed by atoms with E-state index < -0.39 is 0 Å². The predicted molar refractivity (Wildman–Crippen MR) is 93.2 cm³/mol. The molecule has 1 saturated heterocycles. The van der Waals surface area contributed by atoms with Crippen LogP contribution in [0, 0.1) is 0 Å². The summed E-state index contributed by atoms with van der Waals surface area (Å²) >= 11 is 9.36. The standard InChI is InChI=1S/C16H18BrClN4O/c17-14-9-19-22(11-14)12-16(23)21-6-4-20(5-7-21)10-13-2-1-3-15(18)8-13/h1-3,8-9,11H,4-7,10,12H2. The van der Waals surface area contributed by atoms with Crippen LogP contribution in [0.4, 0.5) is 0 Å². The van der Waals surface area contributed by atoms with Crippen molar-refractivity contribution in [1.82, 2.24) is 19.6 Å². The Balaban J connectivity index is 1.49. The summed E-state index contributed by atoms with van der Waals surface area (Å²) in [6, 6.07) is 7.93. The van der Waals surface area contributed by atoms with Gasteiger partial charge in [0.25, 0.3) is 0 Å². The Labute approximate surface area is 148 Å². The van der Waals surface area contributed by atoms with Crippen molar-refractivity contribution < 1.29 is 4.79 Å². The van der Waals surface area contributed by atoms with E-state index in [1.807, 2.05) is 29.3 Å². The van der Waals surface area contributed by atoms with Crippen LogP contribution in [-0.4, -0.2) is 51.7 Å². The molecule has 5 nitrogen and oxygen atoms in total. The maximum absolute atomic E-state index is 12.3. The number of hydrogen-bond acceptors (Lipinski definition) is 3. The molecule has 1 fully saturated rings. The number of nitrogens with zero attached hydrogens (tertiary/aromatic N) is 4. The number of benzene rings is 1. The van der Waals surface area contributed by atoms with Crippen LogP contribution in [0.15, 0.2) is 41.1 Å². The van der Waals surface area contributed by atoms with Crippen LogP contribution in [0.1, 0.15) is 5.56 Å². The molecule has 0 bridgehead atoms. The normalized spacial score (nSPS) is 15.8. The van der Waals surface area contributed by atoms with E-state index in [2.05, 4.69) is 32.0 Å². The van der Waals surface area contributed by atoms with Crippen molar-refractivity contribution in [2.45, 2.75) is 13.1 Å². The van der Waals surface area contributed by atoms with E-state index in [4.69, 9.17) is 11.6 Å². The van der Waals surface area contributed by atoms with Crippen molar-refractivity contribution in [3.8, 4) is 0 Å². The lowest BCUT2D eigenvalue weighted by Crippen LogP contribution is -2.49. The summed E-state index contributed by atoms with van der Waals surface area (Å²) in [6.07, 6.45) is 3.50. The van der Waals surface area contributed by atoms with Gasteiger partial charge in [0.05, 0.1) is 10.7 Å². The van der Waals surface area contributed by atoms with Crippen molar-refractivity contribution in [2.24, 2.45) is 0 Å². The quantitative estimate of drug-likeness (QED) is 0.796. The van der Waals surface area contributed by atoms with E-state index in [1.54, 1.807) is 10.9 Å². The first-order valence-electron chi connectivity index (χ1n) is 7.53. The van der Waals surface area contributed by atoms with Gasteiger partial charge in [0.2, 0.25) is 5.91 Å². The Morgan fingerprint density at radius 2 is 2.04 bits per heavy atom. The van der Waals surface area contributed by atoms with Gasteiger partial charge in [-0.25, -0.2) is 0 Å². The molecule has 0 atom stereocenters. The molecule has 0 unspecified atom stereocenters. The molecule has 0 aliphatic carbocycles. The monoisotopic (exact) mass is 396 g/mol. The Kier molecular flexibility index (Phi) is 5.35. The molecule has 1 aromatic heterocycles. The number of piperazine rings is 1. The van der Waals surface area contributed by atoms with Crippen molar-refractivity contribution >= 4 is 33.4 Å². The van der Waals surface area contributed by atoms with Gasteiger partial charge in [-0.3, -0.25) is 14.4 Å². The maximum atomic E-state index is 12.3. The van der Waals surface area contributed by atoms with Gasteiger partial charge >= 0.3 is 0 Å². The molecular formula is C16H18BrClN4O. The smallest absolute Gasteiger partial charge is 0.244 e. The second-order valence-electron chi connectivity index (χ2n) is 5.64. The Bertz CT molecular complexity index is 682. The Morgan fingerprint density at radius 1 is 1.26 bits per heavy atom. The van der Waals surface area contributed by atoms with Gasteiger partial charge in [0, 0.05) is 43.9 Å². The summed E-state index contributed by atoms with van der Waals surface area (Å²) < 4.78 is 2.54. The molecule has 0 radical (unpaired) electrons. The molecule has 0 saturated carbocycles. The zero-order chi connectivity index (χ0) is 16.2. The summed E-state index contributed by atoms with van der Waals surface area (Å²) in [6.45, 7) is 4.42. The third-order valence-electron chi connectivity index (χ3n) is 3.92. The second-order valence-corrected chi connectivity index (χ2v) is 7.00. The van der Waals surface area contributed by atoms with Gasteiger partial charge < -0.3 is 4.90 Å². The van der Waals surface area contributed by atoms with E-state index in [0.29, 0.717) is 6.54 Å². The minimum absolute atomic E-state index is 0.114. The number of aromatic nitrogens is 2. The molecule has 1 aliphatic heterocycles. The van der Waals surface area contributed by atoms with E-state index in [1.165, 1.54) is 5.56 Å². The summed E-state index contributed by atoms with van der Waals surface area (Å²) in [5, 5.41) is 4.89. The van der Waals surface area contributed by atoms with Crippen LogP contribution in [-0.2, 0) is 17.9 Å². The number of hydrogen-bond donors (Lipinski definition) is 0. The van der Waals surface area contributed by atoms with Crippen molar-refractivity contribution in [1.29, 1.82) is 0 Å². The van der Waals surface area contributed by atoms with Gasteiger partial charge in [-0.05, 0) is 33.6 Å². The van der Waals surface area contributed by atoms with E-state index in [0.717, 1.165) is 42.2 Å². The van der Waals surface area contributed by atoms with Gasteiger partial charge in [-0.2, -0.15) is 5.10 Å².